The highest BCUT2D eigenvalue weighted by Crippen LogP contribution is 2.18. The molecule has 0 saturated carbocycles. The summed E-state index contributed by atoms with van der Waals surface area (Å²) in [5, 5.41) is 11.3. The highest BCUT2D eigenvalue weighted by Gasteiger charge is 2.29. The van der Waals surface area contributed by atoms with Crippen LogP contribution in [0.3, 0.4) is 0 Å². The predicted octanol–water partition coefficient (Wildman–Crippen LogP) is 1.16. The molecule has 1 rings (SSSR count). The molecule has 0 bridgehead atoms. The number of alkyl halides is 3. The van der Waals surface area contributed by atoms with Crippen molar-refractivity contribution >= 4 is 5.91 Å². The second-order valence-corrected chi connectivity index (χ2v) is 3.70. The second-order valence-electron chi connectivity index (χ2n) is 3.70. The lowest BCUT2D eigenvalue weighted by atomic mass is 10.3. The number of hydrogen-bond acceptors (Lipinski definition) is 2. The van der Waals surface area contributed by atoms with Crippen molar-refractivity contribution in [2.24, 2.45) is 0 Å². The van der Waals surface area contributed by atoms with Gasteiger partial charge in [0.25, 0.3) is 5.91 Å². The Kier molecular flexibility index (Phi) is 4.17. The fourth-order valence-corrected chi connectivity index (χ4v) is 1.28. The third-order valence-corrected chi connectivity index (χ3v) is 1.97. The van der Waals surface area contributed by atoms with Crippen LogP contribution in [0.1, 0.15) is 17.4 Å². The number of rotatable bonds is 4. The van der Waals surface area contributed by atoms with Crippen molar-refractivity contribution in [3.05, 3.63) is 24.0 Å². The number of carbonyl (C=O) groups is 1. The highest BCUT2D eigenvalue weighted by molar-refractivity contribution is 5.92. The molecule has 7 heteroatoms. The van der Waals surface area contributed by atoms with Crippen molar-refractivity contribution in [2.45, 2.75) is 25.7 Å². The normalized spacial score (nSPS) is 13.5. The zero-order valence-corrected chi connectivity index (χ0v) is 9.16. The summed E-state index contributed by atoms with van der Waals surface area (Å²) in [7, 11) is 0. The molecule has 17 heavy (non-hydrogen) atoms. The van der Waals surface area contributed by atoms with Crippen molar-refractivity contribution in [3.8, 4) is 0 Å². The maximum Gasteiger partial charge on any atom is 0.406 e. The lowest BCUT2D eigenvalue weighted by Gasteiger charge is -2.12. The van der Waals surface area contributed by atoms with Crippen LogP contribution in [0.4, 0.5) is 13.2 Å². The Morgan fingerprint density at radius 2 is 2.24 bits per heavy atom. The molecule has 0 spiro atoms. The van der Waals surface area contributed by atoms with E-state index >= 15 is 0 Å². The molecule has 1 aromatic heterocycles. The minimum absolute atomic E-state index is 0.00394. The van der Waals surface area contributed by atoms with E-state index in [0.717, 1.165) is 4.57 Å². The van der Waals surface area contributed by atoms with Crippen LogP contribution in [0, 0.1) is 0 Å². The number of aliphatic hydroxyl groups is 1. The van der Waals surface area contributed by atoms with Gasteiger partial charge in [-0.1, -0.05) is 0 Å². The molecule has 1 atom stereocenters. The third kappa shape index (κ3) is 4.48. The minimum Gasteiger partial charge on any atom is -0.392 e. The fourth-order valence-electron chi connectivity index (χ4n) is 1.28. The van der Waals surface area contributed by atoms with Crippen molar-refractivity contribution < 1.29 is 23.1 Å². The first-order valence-corrected chi connectivity index (χ1v) is 4.98. The summed E-state index contributed by atoms with van der Waals surface area (Å²) in [4.78, 5) is 11.5. The highest BCUT2D eigenvalue weighted by atomic mass is 19.4. The van der Waals surface area contributed by atoms with E-state index in [4.69, 9.17) is 5.11 Å². The molecular weight excluding hydrogens is 237 g/mol. The molecule has 1 heterocycles. The SMILES string of the molecule is CC(O)CNC(=O)c1cccn1CC(F)(F)F. The molecule has 1 unspecified atom stereocenters. The summed E-state index contributed by atoms with van der Waals surface area (Å²) in [6, 6.07) is 2.66. The quantitative estimate of drug-likeness (QED) is 0.842. The van der Waals surface area contributed by atoms with Gasteiger partial charge >= 0.3 is 6.18 Å². The molecule has 4 nitrogen and oxygen atoms in total. The van der Waals surface area contributed by atoms with Crippen molar-refractivity contribution in [1.82, 2.24) is 9.88 Å². The molecule has 0 aliphatic carbocycles. The summed E-state index contributed by atoms with van der Waals surface area (Å²) >= 11 is 0. The first kappa shape index (κ1) is 13.6. The van der Waals surface area contributed by atoms with E-state index in [0.29, 0.717) is 0 Å². The summed E-state index contributed by atoms with van der Waals surface area (Å²) in [5.41, 5.74) is -0.0806. The van der Waals surface area contributed by atoms with E-state index < -0.39 is 24.7 Å². The minimum atomic E-state index is -4.38. The molecule has 0 aliphatic heterocycles. The zero-order valence-electron chi connectivity index (χ0n) is 9.16. The molecule has 2 N–H and O–H groups in total. The molecule has 1 aromatic rings. The summed E-state index contributed by atoms with van der Waals surface area (Å²) < 4.78 is 37.4. The number of aliphatic hydroxyl groups excluding tert-OH is 1. The second kappa shape index (κ2) is 5.22. The maximum atomic E-state index is 12.2. The standard InChI is InChI=1S/C10H13F3N2O2/c1-7(16)5-14-9(17)8-3-2-4-15(8)6-10(11,12)13/h2-4,7,16H,5-6H2,1H3,(H,14,17). The van der Waals surface area contributed by atoms with E-state index in [1.54, 1.807) is 0 Å². The topological polar surface area (TPSA) is 54.3 Å². The van der Waals surface area contributed by atoms with Gasteiger partial charge in [-0.05, 0) is 19.1 Å². The van der Waals surface area contributed by atoms with Gasteiger partial charge < -0.3 is 15.0 Å². The number of nitrogens with one attached hydrogen (secondary N) is 1. The van der Waals surface area contributed by atoms with Gasteiger partial charge in [0.1, 0.15) is 12.2 Å². The van der Waals surface area contributed by atoms with Gasteiger partial charge in [0.05, 0.1) is 6.10 Å². The van der Waals surface area contributed by atoms with Crippen molar-refractivity contribution in [3.63, 3.8) is 0 Å². The number of amides is 1. The van der Waals surface area contributed by atoms with Gasteiger partial charge in [0, 0.05) is 12.7 Å². The average molecular weight is 250 g/mol. The van der Waals surface area contributed by atoms with Gasteiger partial charge in [0.2, 0.25) is 0 Å². The molecule has 0 saturated heterocycles. The first-order valence-electron chi connectivity index (χ1n) is 4.98. The van der Waals surface area contributed by atoms with E-state index in [1.165, 1.54) is 25.3 Å². The summed E-state index contributed by atoms with van der Waals surface area (Å²) in [5.74, 6) is -0.639. The summed E-state index contributed by atoms with van der Waals surface area (Å²) in [6.07, 6.45) is -3.94. The average Bonchev–Trinajstić information content (AvgIpc) is 2.59. The van der Waals surface area contributed by atoms with E-state index in [2.05, 4.69) is 5.32 Å². The largest absolute Gasteiger partial charge is 0.406 e. The van der Waals surface area contributed by atoms with Gasteiger partial charge in [-0.25, -0.2) is 0 Å². The third-order valence-electron chi connectivity index (χ3n) is 1.97. The Morgan fingerprint density at radius 3 is 2.76 bits per heavy atom. The van der Waals surface area contributed by atoms with Gasteiger partial charge in [-0.3, -0.25) is 4.79 Å². The first-order chi connectivity index (χ1) is 7.79. The van der Waals surface area contributed by atoms with Crippen LogP contribution in [0.2, 0.25) is 0 Å². The Bertz CT molecular complexity index is 385. The van der Waals surface area contributed by atoms with Gasteiger partial charge in [-0.2, -0.15) is 13.2 Å². The van der Waals surface area contributed by atoms with E-state index in [9.17, 15) is 18.0 Å². The van der Waals surface area contributed by atoms with Crippen LogP contribution >= 0.6 is 0 Å². The molecule has 0 radical (unpaired) electrons. The van der Waals surface area contributed by atoms with Crippen LogP contribution < -0.4 is 5.32 Å². The van der Waals surface area contributed by atoms with Crippen LogP contribution in [0.15, 0.2) is 18.3 Å². The molecule has 0 fully saturated rings. The molecule has 1 amide bonds. The summed E-state index contributed by atoms with van der Waals surface area (Å²) in [6.45, 7) is 0.252. The van der Waals surface area contributed by atoms with Crippen LogP contribution in [-0.2, 0) is 6.54 Å². The fraction of sp³-hybridized carbons (Fsp3) is 0.500. The number of nitrogens with zero attached hydrogens (tertiary/aromatic N) is 1. The predicted molar refractivity (Wildman–Crippen MR) is 54.5 cm³/mol. The Morgan fingerprint density at radius 1 is 1.59 bits per heavy atom. The number of halogens is 3. The smallest absolute Gasteiger partial charge is 0.392 e. The van der Waals surface area contributed by atoms with Crippen molar-refractivity contribution in [2.75, 3.05) is 6.54 Å². The number of hydrogen-bond donors (Lipinski definition) is 2. The van der Waals surface area contributed by atoms with Crippen LogP contribution in [-0.4, -0.2) is 34.4 Å². The van der Waals surface area contributed by atoms with E-state index in [1.807, 2.05) is 0 Å². The van der Waals surface area contributed by atoms with Crippen LogP contribution in [0.25, 0.3) is 0 Å². The monoisotopic (exact) mass is 250 g/mol. The Balaban J connectivity index is 2.71. The molecular formula is C10H13F3N2O2. The van der Waals surface area contributed by atoms with Crippen LogP contribution in [0.5, 0.6) is 0 Å². The lowest BCUT2D eigenvalue weighted by Crippen LogP contribution is -2.32. The molecule has 0 aliphatic rings. The Labute approximate surface area is 96.0 Å². The van der Waals surface area contributed by atoms with Gasteiger partial charge in [-0.15, -0.1) is 0 Å². The maximum absolute atomic E-state index is 12.2. The molecule has 0 aromatic carbocycles. The number of aromatic nitrogens is 1. The van der Waals surface area contributed by atoms with Gasteiger partial charge in [0.15, 0.2) is 0 Å². The van der Waals surface area contributed by atoms with E-state index in [-0.39, 0.29) is 12.2 Å². The lowest BCUT2D eigenvalue weighted by molar-refractivity contribution is -0.140. The molecule has 96 valence electrons. The zero-order chi connectivity index (χ0) is 13.1. The number of carbonyl (C=O) groups excluding carboxylic acids is 1. The Hall–Kier alpha value is -1.50. The van der Waals surface area contributed by atoms with Crippen molar-refractivity contribution in [1.29, 1.82) is 0 Å².